The van der Waals surface area contributed by atoms with Crippen molar-refractivity contribution >= 4 is 11.8 Å². The lowest BCUT2D eigenvalue weighted by molar-refractivity contribution is -0.126. The Hall–Kier alpha value is -2.03. The van der Waals surface area contributed by atoms with Gasteiger partial charge in [0.25, 0.3) is 0 Å². The van der Waals surface area contributed by atoms with Gasteiger partial charge in [-0.25, -0.2) is 4.98 Å². The minimum atomic E-state index is 0.0616. The maximum Gasteiger partial charge on any atom is 0.234 e. The van der Waals surface area contributed by atoms with Crippen molar-refractivity contribution in [2.45, 2.75) is 64.8 Å². The number of piperidine rings is 1. The first kappa shape index (κ1) is 17.8. The van der Waals surface area contributed by atoms with E-state index in [2.05, 4.69) is 23.3 Å². The van der Waals surface area contributed by atoms with Crippen molar-refractivity contribution in [1.29, 1.82) is 5.26 Å². The zero-order valence-electron chi connectivity index (χ0n) is 15.3. The third-order valence-corrected chi connectivity index (χ3v) is 5.58. The highest BCUT2D eigenvalue weighted by atomic mass is 16.4. The summed E-state index contributed by atoms with van der Waals surface area (Å²) in [5.74, 6) is 2.11. The molecule has 1 aromatic rings. The Balaban J connectivity index is 1.51. The van der Waals surface area contributed by atoms with Crippen LogP contribution < -0.4 is 10.2 Å². The molecule has 3 rings (SSSR count). The number of nitrogens with one attached hydrogen (secondary N) is 1. The second-order valence-corrected chi connectivity index (χ2v) is 7.58. The van der Waals surface area contributed by atoms with Gasteiger partial charge in [-0.15, -0.1) is 0 Å². The van der Waals surface area contributed by atoms with Crippen LogP contribution in [0, 0.1) is 30.1 Å². The predicted molar refractivity (Wildman–Crippen MR) is 95.1 cm³/mol. The van der Waals surface area contributed by atoms with Crippen molar-refractivity contribution in [1.82, 2.24) is 10.3 Å². The number of aromatic nitrogens is 1. The number of anilines is 1. The average molecular weight is 344 g/mol. The van der Waals surface area contributed by atoms with Gasteiger partial charge in [-0.1, -0.05) is 19.8 Å². The molecule has 6 heteroatoms. The van der Waals surface area contributed by atoms with Gasteiger partial charge in [0.05, 0.1) is 0 Å². The lowest BCUT2D eigenvalue weighted by Crippen LogP contribution is -2.44. The molecular weight excluding hydrogens is 316 g/mol. The van der Waals surface area contributed by atoms with Crippen LogP contribution in [0.3, 0.4) is 0 Å². The molecule has 1 aliphatic heterocycles. The monoisotopic (exact) mass is 344 g/mol. The molecule has 1 aromatic heterocycles. The van der Waals surface area contributed by atoms with Crippen LogP contribution in [0.2, 0.25) is 0 Å². The van der Waals surface area contributed by atoms with E-state index < -0.39 is 0 Å². The summed E-state index contributed by atoms with van der Waals surface area (Å²) >= 11 is 0. The smallest absolute Gasteiger partial charge is 0.234 e. The first-order valence-corrected chi connectivity index (χ1v) is 9.49. The average Bonchev–Trinajstić information content (AvgIpc) is 2.88. The molecular formula is C19H28N4O2. The van der Waals surface area contributed by atoms with Crippen LogP contribution in [0.1, 0.15) is 63.5 Å². The highest BCUT2D eigenvalue weighted by Crippen LogP contribution is 2.28. The Morgan fingerprint density at radius 3 is 2.72 bits per heavy atom. The molecule has 0 bridgehead atoms. The molecule has 2 unspecified atom stereocenters. The van der Waals surface area contributed by atoms with Gasteiger partial charge >= 0.3 is 0 Å². The molecule has 0 radical (unpaired) electrons. The van der Waals surface area contributed by atoms with Crippen molar-refractivity contribution in [3.8, 4) is 6.07 Å². The molecule has 1 saturated carbocycles. The second kappa shape index (κ2) is 7.90. The third kappa shape index (κ3) is 4.33. The molecule has 6 nitrogen and oxygen atoms in total. The van der Waals surface area contributed by atoms with Crippen LogP contribution in [0.4, 0.5) is 5.88 Å². The molecule has 1 aliphatic carbocycles. The van der Waals surface area contributed by atoms with Crippen LogP contribution in [0.15, 0.2) is 4.42 Å². The summed E-state index contributed by atoms with van der Waals surface area (Å²) in [5, 5.41) is 12.4. The minimum absolute atomic E-state index is 0.0616. The summed E-state index contributed by atoms with van der Waals surface area (Å²) in [4.78, 5) is 18.8. The maximum absolute atomic E-state index is 12.6. The molecule has 1 N–H and O–H groups in total. The number of hydrogen-bond acceptors (Lipinski definition) is 5. The van der Waals surface area contributed by atoms with Crippen molar-refractivity contribution in [2.24, 2.45) is 11.8 Å². The molecule has 2 atom stereocenters. The Morgan fingerprint density at radius 2 is 2.00 bits per heavy atom. The van der Waals surface area contributed by atoms with E-state index in [1.807, 2.05) is 4.90 Å². The zero-order valence-corrected chi connectivity index (χ0v) is 15.3. The van der Waals surface area contributed by atoms with E-state index in [1.165, 1.54) is 19.3 Å². The fourth-order valence-electron chi connectivity index (χ4n) is 4.00. The van der Waals surface area contributed by atoms with Gasteiger partial charge in [0, 0.05) is 32.0 Å². The summed E-state index contributed by atoms with van der Waals surface area (Å²) in [6.45, 7) is 5.50. The van der Waals surface area contributed by atoms with Gasteiger partial charge in [-0.05, 0) is 38.0 Å². The number of carbonyl (C=O) groups is 1. The Labute approximate surface area is 149 Å². The van der Waals surface area contributed by atoms with E-state index in [9.17, 15) is 4.79 Å². The highest BCUT2D eigenvalue weighted by molar-refractivity contribution is 5.79. The Kier molecular flexibility index (Phi) is 5.62. The number of amides is 1. The van der Waals surface area contributed by atoms with Gasteiger partial charge in [-0.2, -0.15) is 5.26 Å². The zero-order chi connectivity index (χ0) is 17.8. The lowest BCUT2D eigenvalue weighted by atomic mass is 9.95. The molecule has 2 heterocycles. The number of aryl methyl sites for hydroxylation is 1. The summed E-state index contributed by atoms with van der Waals surface area (Å²) in [7, 11) is 0. The van der Waals surface area contributed by atoms with Crippen molar-refractivity contribution in [3.63, 3.8) is 0 Å². The molecule has 0 aromatic carbocycles. The number of carbonyl (C=O) groups excluding carboxylic acids is 1. The number of hydrogen-bond donors (Lipinski definition) is 1. The number of nitrogens with zero attached hydrogens (tertiary/aromatic N) is 3. The van der Waals surface area contributed by atoms with E-state index in [1.54, 1.807) is 6.92 Å². The SMILES string of the molecule is Cc1nc(C#N)c(N2CCC(C(=O)NC3CCCC(C)CC3)CC2)o1. The fraction of sp³-hybridized carbons (Fsp3) is 0.737. The first-order chi connectivity index (χ1) is 12.1. The maximum atomic E-state index is 12.6. The van der Waals surface area contributed by atoms with Crippen LogP contribution >= 0.6 is 0 Å². The van der Waals surface area contributed by atoms with Crippen LogP contribution in [0.25, 0.3) is 0 Å². The number of nitriles is 1. The fourth-order valence-corrected chi connectivity index (χ4v) is 4.00. The van der Waals surface area contributed by atoms with Crippen molar-refractivity contribution < 1.29 is 9.21 Å². The molecule has 0 spiro atoms. The van der Waals surface area contributed by atoms with Crippen molar-refractivity contribution in [3.05, 3.63) is 11.6 Å². The topological polar surface area (TPSA) is 82.2 Å². The van der Waals surface area contributed by atoms with Gasteiger partial charge in [0.15, 0.2) is 5.89 Å². The van der Waals surface area contributed by atoms with E-state index in [0.29, 0.717) is 23.5 Å². The van der Waals surface area contributed by atoms with E-state index in [0.717, 1.165) is 44.7 Å². The summed E-state index contributed by atoms with van der Waals surface area (Å²) < 4.78 is 5.58. The van der Waals surface area contributed by atoms with Crippen LogP contribution in [-0.4, -0.2) is 30.0 Å². The van der Waals surface area contributed by atoms with Gasteiger partial charge < -0.3 is 14.6 Å². The third-order valence-electron chi connectivity index (χ3n) is 5.58. The molecule has 25 heavy (non-hydrogen) atoms. The molecule has 2 aliphatic rings. The summed E-state index contributed by atoms with van der Waals surface area (Å²) in [6, 6.07) is 2.43. The number of rotatable bonds is 3. The van der Waals surface area contributed by atoms with Gasteiger partial charge in [-0.3, -0.25) is 4.79 Å². The van der Waals surface area contributed by atoms with Gasteiger partial charge in [0.2, 0.25) is 17.5 Å². The minimum Gasteiger partial charge on any atom is -0.424 e. The lowest BCUT2D eigenvalue weighted by Gasteiger charge is -2.31. The Morgan fingerprint density at radius 1 is 1.24 bits per heavy atom. The van der Waals surface area contributed by atoms with Crippen LogP contribution in [-0.2, 0) is 4.79 Å². The quantitative estimate of drug-likeness (QED) is 0.852. The summed E-state index contributed by atoms with van der Waals surface area (Å²) in [6.07, 6.45) is 7.51. The number of oxazole rings is 1. The molecule has 1 saturated heterocycles. The summed E-state index contributed by atoms with van der Waals surface area (Å²) in [5.41, 5.74) is 0.341. The predicted octanol–water partition coefficient (Wildman–Crippen LogP) is 3.16. The highest BCUT2D eigenvalue weighted by Gasteiger charge is 2.29. The largest absolute Gasteiger partial charge is 0.424 e. The van der Waals surface area contributed by atoms with E-state index in [4.69, 9.17) is 9.68 Å². The van der Waals surface area contributed by atoms with Crippen LogP contribution in [0.5, 0.6) is 0 Å². The molecule has 136 valence electrons. The van der Waals surface area contributed by atoms with Gasteiger partial charge in [0.1, 0.15) is 6.07 Å². The van der Waals surface area contributed by atoms with E-state index >= 15 is 0 Å². The molecule has 2 fully saturated rings. The first-order valence-electron chi connectivity index (χ1n) is 9.49. The second-order valence-electron chi connectivity index (χ2n) is 7.58. The normalized spacial score (nSPS) is 25.2. The Bertz CT molecular complexity index is 640. The van der Waals surface area contributed by atoms with E-state index in [-0.39, 0.29) is 11.8 Å². The van der Waals surface area contributed by atoms with Crippen molar-refractivity contribution in [2.75, 3.05) is 18.0 Å². The molecule has 1 amide bonds. The standard InChI is InChI=1S/C19H28N4O2/c1-13-4-3-5-16(7-6-13)22-18(24)15-8-10-23(11-9-15)19-17(12-20)21-14(2)25-19/h13,15-16H,3-11H2,1-2H3,(H,22,24).